The van der Waals surface area contributed by atoms with Gasteiger partial charge in [0, 0.05) is 37.9 Å². The lowest BCUT2D eigenvalue weighted by Gasteiger charge is -2.39. The first-order chi connectivity index (χ1) is 13.7. The molecular formula is C23H27FN2O2. The van der Waals surface area contributed by atoms with Crippen molar-refractivity contribution in [2.45, 2.75) is 31.9 Å². The Kier molecular flexibility index (Phi) is 5.91. The molecule has 28 heavy (non-hydrogen) atoms. The summed E-state index contributed by atoms with van der Waals surface area (Å²) in [4.78, 5) is 17.2. The number of hydrogen-bond donors (Lipinski definition) is 0. The molecule has 5 heteroatoms. The van der Waals surface area contributed by atoms with E-state index in [4.69, 9.17) is 4.74 Å². The second-order valence-corrected chi connectivity index (χ2v) is 7.76. The highest BCUT2D eigenvalue weighted by Crippen LogP contribution is 2.31. The number of carbonyl (C=O) groups excluding carboxylic acids is 1. The van der Waals surface area contributed by atoms with Crippen LogP contribution in [0.1, 0.15) is 24.8 Å². The predicted molar refractivity (Wildman–Crippen MR) is 108 cm³/mol. The maximum absolute atomic E-state index is 13.5. The van der Waals surface area contributed by atoms with Gasteiger partial charge in [0.05, 0.1) is 5.92 Å². The molecule has 1 saturated heterocycles. The molecule has 1 aliphatic carbocycles. The number of esters is 1. The summed E-state index contributed by atoms with van der Waals surface area (Å²) in [7, 11) is 0. The van der Waals surface area contributed by atoms with Crippen LogP contribution in [-0.4, -0.2) is 43.1 Å². The number of anilines is 1. The zero-order chi connectivity index (χ0) is 19.3. The van der Waals surface area contributed by atoms with E-state index in [-0.39, 0.29) is 17.7 Å². The minimum Gasteiger partial charge on any atom is -0.461 e. The summed E-state index contributed by atoms with van der Waals surface area (Å²) in [5.41, 5.74) is 1.98. The van der Waals surface area contributed by atoms with Crippen molar-refractivity contribution in [3.63, 3.8) is 0 Å². The average molecular weight is 382 g/mol. The Morgan fingerprint density at radius 1 is 1.00 bits per heavy atom. The predicted octanol–water partition coefficient (Wildman–Crippen LogP) is 3.86. The molecule has 1 heterocycles. The number of rotatable bonds is 5. The minimum atomic E-state index is -0.187. The molecular weight excluding hydrogens is 355 g/mol. The van der Waals surface area contributed by atoms with E-state index in [0.717, 1.165) is 56.7 Å². The van der Waals surface area contributed by atoms with Gasteiger partial charge in [0.2, 0.25) is 0 Å². The molecule has 0 amide bonds. The van der Waals surface area contributed by atoms with Gasteiger partial charge in [-0.25, -0.2) is 4.39 Å². The molecule has 0 spiro atoms. The maximum Gasteiger partial charge on any atom is 0.309 e. The second-order valence-electron chi connectivity index (χ2n) is 7.76. The van der Waals surface area contributed by atoms with E-state index in [2.05, 4.69) is 9.80 Å². The van der Waals surface area contributed by atoms with Crippen molar-refractivity contribution in [1.29, 1.82) is 0 Å². The van der Waals surface area contributed by atoms with E-state index in [0.29, 0.717) is 12.6 Å². The van der Waals surface area contributed by atoms with Gasteiger partial charge in [-0.05, 0) is 43.0 Å². The Balaban J connectivity index is 1.24. The van der Waals surface area contributed by atoms with Crippen LogP contribution in [-0.2, 0) is 16.1 Å². The third kappa shape index (κ3) is 4.53. The first-order valence-electron chi connectivity index (χ1n) is 10.1. The van der Waals surface area contributed by atoms with Crippen molar-refractivity contribution < 1.29 is 13.9 Å². The number of nitrogens with zero attached hydrogens (tertiary/aromatic N) is 2. The zero-order valence-corrected chi connectivity index (χ0v) is 16.1. The van der Waals surface area contributed by atoms with Crippen LogP contribution in [0.5, 0.6) is 0 Å². The van der Waals surface area contributed by atoms with Gasteiger partial charge in [0.1, 0.15) is 12.4 Å². The van der Waals surface area contributed by atoms with Crippen LogP contribution in [0.15, 0.2) is 54.6 Å². The maximum atomic E-state index is 13.5. The van der Waals surface area contributed by atoms with E-state index < -0.39 is 0 Å². The average Bonchev–Trinajstić information content (AvgIpc) is 3.23. The van der Waals surface area contributed by atoms with Gasteiger partial charge in [-0.2, -0.15) is 0 Å². The Morgan fingerprint density at radius 2 is 1.79 bits per heavy atom. The molecule has 2 aliphatic rings. The van der Waals surface area contributed by atoms with Crippen LogP contribution in [0.3, 0.4) is 0 Å². The molecule has 4 nitrogen and oxygen atoms in total. The van der Waals surface area contributed by atoms with Gasteiger partial charge in [0.15, 0.2) is 0 Å². The van der Waals surface area contributed by atoms with E-state index in [1.54, 1.807) is 12.1 Å². The third-order valence-corrected chi connectivity index (χ3v) is 5.97. The highest BCUT2D eigenvalue weighted by Gasteiger charge is 2.35. The van der Waals surface area contributed by atoms with Crippen molar-refractivity contribution in [3.8, 4) is 0 Å². The molecule has 2 aromatic carbocycles. The van der Waals surface area contributed by atoms with Gasteiger partial charge in [0.25, 0.3) is 0 Å². The van der Waals surface area contributed by atoms with Crippen molar-refractivity contribution in [1.82, 2.24) is 4.90 Å². The summed E-state index contributed by atoms with van der Waals surface area (Å²) in [5, 5.41) is 0. The first-order valence-corrected chi connectivity index (χ1v) is 10.1. The highest BCUT2D eigenvalue weighted by atomic mass is 19.1. The second kappa shape index (κ2) is 8.74. The van der Waals surface area contributed by atoms with Crippen LogP contribution in [0.25, 0.3) is 0 Å². The van der Waals surface area contributed by atoms with Crippen molar-refractivity contribution in [3.05, 3.63) is 66.0 Å². The minimum absolute atomic E-state index is 0.00922. The molecule has 2 aromatic rings. The summed E-state index contributed by atoms with van der Waals surface area (Å²) in [6.07, 6.45) is 2.83. The van der Waals surface area contributed by atoms with Crippen molar-refractivity contribution in [2.24, 2.45) is 5.92 Å². The first kappa shape index (κ1) is 18.9. The van der Waals surface area contributed by atoms with E-state index >= 15 is 0 Å². The zero-order valence-electron chi connectivity index (χ0n) is 16.1. The number of ether oxygens (including phenoxy) is 1. The summed E-state index contributed by atoms with van der Waals surface area (Å²) in [5.74, 6) is -0.243. The molecule has 2 fully saturated rings. The summed E-state index contributed by atoms with van der Waals surface area (Å²) < 4.78 is 19.0. The molecule has 4 rings (SSSR count). The standard InChI is InChI=1S/C23H27FN2O2/c24-20-7-4-8-21(16-20)25-11-13-26(14-12-25)22-10-9-19(15-22)23(27)28-17-18-5-2-1-3-6-18/h1-8,16,19,22H,9-15,17H2/t19-,22+/m1/s1. The molecule has 1 saturated carbocycles. The lowest BCUT2D eigenvalue weighted by molar-refractivity contribution is -0.149. The molecule has 0 radical (unpaired) electrons. The number of piperazine rings is 1. The fraction of sp³-hybridized carbons (Fsp3) is 0.435. The van der Waals surface area contributed by atoms with Crippen molar-refractivity contribution in [2.75, 3.05) is 31.1 Å². The summed E-state index contributed by atoms with van der Waals surface area (Å²) >= 11 is 0. The number of hydrogen-bond acceptors (Lipinski definition) is 4. The molecule has 1 aliphatic heterocycles. The lowest BCUT2D eigenvalue weighted by Crippen LogP contribution is -2.50. The van der Waals surface area contributed by atoms with E-state index in [1.807, 2.05) is 36.4 Å². The molecule has 148 valence electrons. The Labute approximate surface area is 165 Å². The van der Waals surface area contributed by atoms with Gasteiger partial charge in [-0.15, -0.1) is 0 Å². The fourth-order valence-corrected chi connectivity index (χ4v) is 4.37. The van der Waals surface area contributed by atoms with Crippen LogP contribution >= 0.6 is 0 Å². The largest absolute Gasteiger partial charge is 0.461 e. The Hall–Kier alpha value is -2.40. The number of carbonyl (C=O) groups is 1. The van der Waals surface area contributed by atoms with E-state index in [1.165, 1.54) is 6.07 Å². The van der Waals surface area contributed by atoms with Gasteiger partial charge in [-0.1, -0.05) is 36.4 Å². The SMILES string of the molecule is O=C(OCc1ccccc1)[C@@H]1CC[C@H](N2CCN(c3cccc(F)c3)CC2)C1. The van der Waals surface area contributed by atoms with Gasteiger partial charge < -0.3 is 9.64 Å². The van der Waals surface area contributed by atoms with Gasteiger partial charge >= 0.3 is 5.97 Å². The smallest absolute Gasteiger partial charge is 0.309 e. The molecule has 0 bridgehead atoms. The molecule has 0 N–H and O–H groups in total. The Bertz CT molecular complexity index is 790. The van der Waals surface area contributed by atoms with E-state index in [9.17, 15) is 9.18 Å². The fourth-order valence-electron chi connectivity index (χ4n) is 4.37. The molecule has 2 atom stereocenters. The van der Waals surface area contributed by atoms with Crippen LogP contribution < -0.4 is 4.90 Å². The molecule has 0 aromatic heterocycles. The number of benzene rings is 2. The normalized spacial score (nSPS) is 23.0. The van der Waals surface area contributed by atoms with Gasteiger partial charge in [-0.3, -0.25) is 9.69 Å². The molecule has 0 unspecified atom stereocenters. The summed E-state index contributed by atoms with van der Waals surface area (Å²) in [6, 6.07) is 17.1. The number of halogens is 1. The Morgan fingerprint density at radius 3 is 2.54 bits per heavy atom. The van der Waals surface area contributed by atoms with Crippen molar-refractivity contribution >= 4 is 11.7 Å². The third-order valence-electron chi connectivity index (χ3n) is 5.97. The topological polar surface area (TPSA) is 32.8 Å². The quantitative estimate of drug-likeness (QED) is 0.735. The lowest BCUT2D eigenvalue weighted by atomic mass is 10.1. The van der Waals surface area contributed by atoms with Crippen LogP contribution in [0.4, 0.5) is 10.1 Å². The highest BCUT2D eigenvalue weighted by molar-refractivity contribution is 5.72. The monoisotopic (exact) mass is 382 g/mol. The van der Waals surface area contributed by atoms with Crippen LogP contribution in [0, 0.1) is 11.7 Å². The summed E-state index contributed by atoms with van der Waals surface area (Å²) in [6.45, 7) is 4.04. The van der Waals surface area contributed by atoms with Crippen LogP contribution in [0.2, 0.25) is 0 Å².